The van der Waals surface area contributed by atoms with E-state index in [1.54, 1.807) is 0 Å². The van der Waals surface area contributed by atoms with Crippen LogP contribution in [0.15, 0.2) is 0 Å². The zero-order valence-corrected chi connectivity index (χ0v) is 7.02. The van der Waals surface area contributed by atoms with Crippen molar-refractivity contribution >= 4 is 6.03 Å². The van der Waals surface area contributed by atoms with Gasteiger partial charge in [-0.05, 0) is 12.8 Å². The summed E-state index contributed by atoms with van der Waals surface area (Å²) >= 11 is 0. The monoisotopic (exact) mass is 156 g/mol. The Kier molecular flexibility index (Phi) is 3.20. The Morgan fingerprint density at radius 2 is 2.45 bits per heavy atom. The summed E-state index contributed by atoms with van der Waals surface area (Å²) in [7, 11) is 0. The Morgan fingerprint density at radius 1 is 1.64 bits per heavy atom. The van der Waals surface area contributed by atoms with Gasteiger partial charge in [0.1, 0.15) is 0 Å². The normalized spacial score (nSPS) is 24.1. The van der Waals surface area contributed by atoms with Gasteiger partial charge in [0, 0.05) is 12.6 Å². The maximum atomic E-state index is 10.8. The molecule has 1 aliphatic rings. The lowest BCUT2D eigenvalue weighted by molar-refractivity contribution is 0.227. The van der Waals surface area contributed by atoms with E-state index in [4.69, 9.17) is 0 Å². The summed E-state index contributed by atoms with van der Waals surface area (Å²) in [6.45, 7) is 3.00. The molecule has 64 valence electrons. The first-order valence-electron chi connectivity index (χ1n) is 4.37. The van der Waals surface area contributed by atoms with Crippen LogP contribution in [0.1, 0.15) is 32.6 Å². The maximum Gasteiger partial charge on any atom is 0.315 e. The molecule has 1 rings (SSSR count). The van der Waals surface area contributed by atoms with E-state index in [0.29, 0.717) is 6.04 Å². The smallest absolute Gasteiger partial charge is 0.315 e. The van der Waals surface area contributed by atoms with Crippen molar-refractivity contribution in [2.45, 2.75) is 38.6 Å². The molecule has 1 saturated heterocycles. The number of urea groups is 1. The van der Waals surface area contributed by atoms with Crippen molar-refractivity contribution in [3.8, 4) is 0 Å². The van der Waals surface area contributed by atoms with E-state index >= 15 is 0 Å². The summed E-state index contributed by atoms with van der Waals surface area (Å²) in [4.78, 5) is 10.8. The van der Waals surface area contributed by atoms with Crippen LogP contribution in [0.5, 0.6) is 0 Å². The predicted octanol–water partition coefficient (Wildman–Crippen LogP) is 1.25. The Balaban J connectivity index is 2.17. The molecule has 3 nitrogen and oxygen atoms in total. The molecule has 1 heterocycles. The molecule has 1 aliphatic heterocycles. The molecule has 0 aliphatic carbocycles. The molecular formula is C8H16N2O. The second kappa shape index (κ2) is 4.21. The van der Waals surface area contributed by atoms with Gasteiger partial charge < -0.3 is 10.6 Å². The Bertz CT molecular complexity index is 136. The zero-order chi connectivity index (χ0) is 8.10. The third kappa shape index (κ3) is 2.78. The highest BCUT2D eigenvalue weighted by molar-refractivity contribution is 5.74. The van der Waals surface area contributed by atoms with E-state index in [1.165, 1.54) is 12.8 Å². The average molecular weight is 156 g/mol. The summed E-state index contributed by atoms with van der Waals surface area (Å²) < 4.78 is 0. The van der Waals surface area contributed by atoms with Gasteiger partial charge in [0.2, 0.25) is 0 Å². The summed E-state index contributed by atoms with van der Waals surface area (Å²) in [5.74, 6) is 0. The fourth-order valence-electron chi connectivity index (χ4n) is 1.34. The van der Waals surface area contributed by atoms with Gasteiger partial charge in [-0.15, -0.1) is 0 Å². The van der Waals surface area contributed by atoms with Gasteiger partial charge in [0.25, 0.3) is 0 Å². The van der Waals surface area contributed by atoms with Crippen molar-refractivity contribution in [2.24, 2.45) is 0 Å². The van der Waals surface area contributed by atoms with Crippen molar-refractivity contribution in [1.29, 1.82) is 0 Å². The third-order valence-electron chi connectivity index (χ3n) is 2.02. The molecule has 0 spiro atoms. The lowest BCUT2D eigenvalue weighted by Gasteiger charge is -2.23. The van der Waals surface area contributed by atoms with Crippen molar-refractivity contribution < 1.29 is 4.79 Å². The van der Waals surface area contributed by atoms with E-state index in [-0.39, 0.29) is 6.03 Å². The van der Waals surface area contributed by atoms with Crippen LogP contribution in [0, 0.1) is 0 Å². The number of unbranched alkanes of at least 4 members (excludes halogenated alkanes) is 1. The van der Waals surface area contributed by atoms with Crippen LogP contribution in [0.25, 0.3) is 0 Å². The van der Waals surface area contributed by atoms with Crippen LogP contribution in [0.4, 0.5) is 4.79 Å². The summed E-state index contributed by atoms with van der Waals surface area (Å²) in [5.41, 5.74) is 0. The van der Waals surface area contributed by atoms with Gasteiger partial charge in [-0.1, -0.05) is 19.8 Å². The molecule has 0 radical (unpaired) electrons. The SMILES string of the molecule is CCCCC1CCNC(=O)N1. The van der Waals surface area contributed by atoms with Crippen molar-refractivity contribution in [1.82, 2.24) is 10.6 Å². The molecule has 0 aromatic heterocycles. The molecule has 1 fully saturated rings. The summed E-state index contributed by atoms with van der Waals surface area (Å²) in [6, 6.07) is 0.418. The molecule has 1 unspecified atom stereocenters. The molecule has 11 heavy (non-hydrogen) atoms. The first-order valence-corrected chi connectivity index (χ1v) is 4.37. The van der Waals surface area contributed by atoms with E-state index in [1.807, 2.05) is 0 Å². The highest BCUT2D eigenvalue weighted by Crippen LogP contribution is 2.05. The lowest BCUT2D eigenvalue weighted by atomic mass is 10.1. The number of nitrogens with one attached hydrogen (secondary N) is 2. The number of rotatable bonds is 3. The number of hydrogen-bond donors (Lipinski definition) is 2. The van der Waals surface area contributed by atoms with Crippen LogP contribution in [-0.4, -0.2) is 18.6 Å². The van der Waals surface area contributed by atoms with Gasteiger partial charge in [0.15, 0.2) is 0 Å². The second-order valence-electron chi connectivity index (χ2n) is 3.03. The maximum absolute atomic E-state index is 10.8. The topological polar surface area (TPSA) is 41.1 Å². The first kappa shape index (κ1) is 8.37. The molecule has 0 aromatic rings. The van der Waals surface area contributed by atoms with Gasteiger partial charge in [-0.25, -0.2) is 4.79 Å². The molecule has 0 bridgehead atoms. The summed E-state index contributed by atoms with van der Waals surface area (Å²) in [5, 5.41) is 5.64. The van der Waals surface area contributed by atoms with E-state index in [2.05, 4.69) is 17.6 Å². The molecule has 1 atom stereocenters. The van der Waals surface area contributed by atoms with Gasteiger partial charge >= 0.3 is 6.03 Å². The molecule has 2 N–H and O–H groups in total. The molecule has 3 heteroatoms. The third-order valence-corrected chi connectivity index (χ3v) is 2.02. The van der Waals surface area contributed by atoms with E-state index < -0.39 is 0 Å². The van der Waals surface area contributed by atoms with Crippen LogP contribution < -0.4 is 10.6 Å². The fraction of sp³-hybridized carbons (Fsp3) is 0.875. The van der Waals surface area contributed by atoms with Crippen LogP contribution in [-0.2, 0) is 0 Å². The van der Waals surface area contributed by atoms with Gasteiger partial charge in [-0.3, -0.25) is 0 Å². The Labute approximate surface area is 67.5 Å². The quantitative estimate of drug-likeness (QED) is 0.634. The van der Waals surface area contributed by atoms with E-state index in [9.17, 15) is 4.79 Å². The second-order valence-corrected chi connectivity index (χ2v) is 3.03. The number of carbonyl (C=O) groups is 1. The largest absolute Gasteiger partial charge is 0.338 e. The Morgan fingerprint density at radius 3 is 3.09 bits per heavy atom. The lowest BCUT2D eigenvalue weighted by Crippen LogP contribution is -2.49. The molecule has 0 aromatic carbocycles. The van der Waals surface area contributed by atoms with Crippen LogP contribution >= 0.6 is 0 Å². The van der Waals surface area contributed by atoms with Gasteiger partial charge in [0.05, 0.1) is 0 Å². The van der Waals surface area contributed by atoms with Crippen molar-refractivity contribution in [2.75, 3.05) is 6.54 Å². The fourth-order valence-corrected chi connectivity index (χ4v) is 1.34. The predicted molar refractivity (Wildman–Crippen MR) is 44.5 cm³/mol. The van der Waals surface area contributed by atoms with Crippen molar-refractivity contribution in [3.05, 3.63) is 0 Å². The van der Waals surface area contributed by atoms with E-state index in [0.717, 1.165) is 19.4 Å². The number of amides is 2. The van der Waals surface area contributed by atoms with Crippen LogP contribution in [0.3, 0.4) is 0 Å². The zero-order valence-electron chi connectivity index (χ0n) is 7.02. The minimum Gasteiger partial charge on any atom is -0.338 e. The standard InChI is InChI=1S/C8H16N2O/c1-2-3-4-7-5-6-9-8(11)10-7/h7H,2-6H2,1H3,(H2,9,10,11). The van der Waals surface area contributed by atoms with Crippen molar-refractivity contribution in [3.63, 3.8) is 0 Å². The average Bonchev–Trinajstić information content (AvgIpc) is 2.01. The number of carbonyl (C=O) groups excluding carboxylic acids is 1. The Hall–Kier alpha value is -0.730. The number of hydrogen-bond acceptors (Lipinski definition) is 1. The highest BCUT2D eigenvalue weighted by Gasteiger charge is 2.15. The molecule has 2 amide bonds. The summed E-state index contributed by atoms with van der Waals surface area (Å²) in [6.07, 6.45) is 4.63. The molecular weight excluding hydrogens is 140 g/mol. The highest BCUT2D eigenvalue weighted by atomic mass is 16.2. The molecule has 0 saturated carbocycles. The minimum absolute atomic E-state index is 0.00245. The van der Waals surface area contributed by atoms with Gasteiger partial charge in [-0.2, -0.15) is 0 Å². The first-order chi connectivity index (χ1) is 5.33. The minimum atomic E-state index is -0.00245. The van der Waals surface area contributed by atoms with Crippen LogP contribution in [0.2, 0.25) is 0 Å².